The van der Waals surface area contributed by atoms with Crippen molar-refractivity contribution in [3.05, 3.63) is 35.9 Å². The van der Waals surface area contributed by atoms with Crippen LogP contribution in [-0.2, 0) is 6.54 Å². The number of piperazine rings is 1. The molecule has 1 aliphatic rings. The average molecular weight is 257 g/mol. The van der Waals surface area contributed by atoms with Gasteiger partial charge in [0, 0.05) is 38.1 Å². The van der Waals surface area contributed by atoms with Crippen molar-refractivity contribution in [2.24, 2.45) is 0 Å². The molecule has 0 aliphatic carbocycles. The first-order valence-electron chi connectivity index (χ1n) is 6.73. The van der Waals surface area contributed by atoms with Crippen molar-refractivity contribution in [1.82, 2.24) is 25.2 Å². The zero-order valence-electron chi connectivity index (χ0n) is 11.2. The molecule has 2 aromatic heterocycles. The highest BCUT2D eigenvalue weighted by molar-refractivity contribution is 5.54. The fourth-order valence-corrected chi connectivity index (χ4v) is 2.40. The van der Waals surface area contributed by atoms with Gasteiger partial charge in [-0.1, -0.05) is 0 Å². The predicted octanol–water partition coefficient (Wildman–Crippen LogP) is 1.19. The molecule has 0 unspecified atom stereocenters. The molecule has 1 aliphatic heterocycles. The van der Waals surface area contributed by atoms with Gasteiger partial charge in [0.25, 0.3) is 0 Å². The predicted molar refractivity (Wildman–Crippen MR) is 74.7 cm³/mol. The van der Waals surface area contributed by atoms with E-state index in [1.165, 1.54) is 0 Å². The third kappa shape index (κ3) is 3.00. The van der Waals surface area contributed by atoms with Crippen molar-refractivity contribution in [3.63, 3.8) is 0 Å². The summed E-state index contributed by atoms with van der Waals surface area (Å²) < 4.78 is 0. The molecule has 2 N–H and O–H groups in total. The zero-order chi connectivity index (χ0) is 13.1. The Kier molecular flexibility index (Phi) is 3.57. The van der Waals surface area contributed by atoms with Crippen LogP contribution in [0.2, 0.25) is 0 Å². The fourth-order valence-electron chi connectivity index (χ4n) is 2.40. The Balaban J connectivity index is 1.81. The summed E-state index contributed by atoms with van der Waals surface area (Å²) in [6.07, 6.45) is 1.92. The topological polar surface area (TPSA) is 56.8 Å². The van der Waals surface area contributed by atoms with Gasteiger partial charge in [-0.05, 0) is 25.1 Å². The minimum atomic E-state index is 0.830. The van der Waals surface area contributed by atoms with E-state index >= 15 is 0 Å². The van der Waals surface area contributed by atoms with E-state index < -0.39 is 0 Å². The van der Waals surface area contributed by atoms with Gasteiger partial charge in [-0.25, -0.2) is 9.97 Å². The quantitative estimate of drug-likeness (QED) is 0.867. The van der Waals surface area contributed by atoms with E-state index in [0.29, 0.717) is 0 Å². The first-order valence-corrected chi connectivity index (χ1v) is 6.73. The highest BCUT2D eigenvalue weighted by Crippen LogP contribution is 2.15. The van der Waals surface area contributed by atoms with Crippen molar-refractivity contribution in [2.45, 2.75) is 13.5 Å². The number of nitrogens with one attached hydrogen (secondary N) is 2. The summed E-state index contributed by atoms with van der Waals surface area (Å²) >= 11 is 0. The lowest BCUT2D eigenvalue weighted by atomic mass is 10.2. The van der Waals surface area contributed by atoms with E-state index in [4.69, 9.17) is 0 Å². The minimum absolute atomic E-state index is 0.830. The van der Waals surface area contributed by atoms with Crippen molar-refractivity contribution < 1.29 is 0 Å². The molecule has 0 bridgehead atoms. The number of aromatic nitrogens is 3. The van der Waals surface area contributed by atoms with Crippen LogP contribution in [0.1, 0.15) is 11.5 Å². The number of rotatable bonds is 3. The summed E-state index contributed by atoms with van der Waals surface area (Å²) in [5.41, 5.74) is 3.04. The van der Waals surface area contributed by atoms with Gasteiger partial charge in [-0.3, -0.25) is 4.90 Å². The van der Waals surface area contributed by atoms with Crippen LogP contribution in [0.5, 0.6) is 0 Å². The van der Waals surface area contributed by atoms with Gasteiger partial charge >= 0.3 is 0 Å². The highest BCUT2D eigenvalue weighted by Gasteiger charge is 2.12. The molecule has 5 nitrogen and oxygen atoms in total. The number of nitrogens with zero attached hydrogens (tertiary/aromatic N) is 3. The average Bonchev–Trinajstić information content (AvgIpc) is 2.93. The van der Waals surface area contributed by atoms with Crippen LogP contribution >= 0.6 is 0 Å². The maximum atomic E-state index is 4.67. The lowest BCUT2D eigenvalue weighted by Gasteiger charge is -2.26. The van der Waals surface area contributed by atoms with Crippen molar-refractivity contribution in [2.75, 3.05) is 26.2 Å². The Labute approximate surface area is 113 Å². The number of H-pyrrole nitrogens is 1. The van der Waals surface area contributed by atoms with Crippen LogP contribution in [0.3, 0.4) is 0 Å². The van der Waals surface area contributed by atoms with Crippen LogP contribution in [0.25, 0.3) is 11.4 Å². The Bertz CT molecular complexity index is 529. The molecule has 0 atom stereocenters. The molecular formula is C14H19N5. The lowest BCUT2D eigenvalue weighted by molar-refractivity contribution is 0.228. The molecule has 0 saturated carbocycles. The van der Waals surface area contributed by atoms with E-state index in [2.05, 4.69) is 25.2 Å². The van der Waals surface area contributed by atoms with Gasteiger partial charge in [-0.2, -0.15) is 0 Å². The van der Waals surface area contributed by atoms with E-state index in [-0.39, 0.29) is 0 Å². The molecule has 1 saturated heterocycles. The normalized spacial score (nSPS) is 16.7. The van der Waals surface area contributed by atoms with Crippen molar-refractivity contribution >= 4 is 0 Å². The monoisotopic (exact) mass is 257 g/mol. The molecule has 0 radical (unpaired) electrons. The van der Waals surface area contributed by atoms with Crippen molar-refractivity contribution in [3.8, 4) is 11.4 Å². The molecule has 19 heavy (non-hydrogen) atoms. The van der Waals surface area contributed by atoms with Gasteiger partial charge in [0.15, 0.2) is 0 Å². The standard InChI is InChI=1S/C14H19N5/c1-11-9-13(12-3-2-4-16-12)18-14(17-11)10-19-7-5-15-6-8-19/h2-4,9,15-16H,5-8,10H2,1H3. The number of hydrogen-bond acceptors (Lipinski definition) is 4. The van der Waals surface area contributed by atoms with Gasteiger partial charge in [-0.15, -0.1) is 0 Å². The largest absolute Gasteiger partial charge is 0.360 e. The Morgan fingerprint density at radius 1 is 1.26 bits per heavy atom. The summed E-state index contributed by atoms with van der Waals surface area (Å²) in [5.74, 6) is 0.909. The summed E-state index contributed by atoms with van der Waals surface area (Å²) in [6.45, 7) is 7.08. The van der Waals surface area contributed by atoms with Gasteiger partial charge in [0.05, 0.1) is 17.9 Å². The fraction of sp³-hybridized carbons (Fsp3) is 0.429. The Morgan fingerprint density at radius 2 is 2.11 bits per heavy atom. The minimum Gasteiger partial charge on any atom is -0.360 e. The smallest absolute Gasteiger partial charge is 0.143 e. The maximum Gasteiger partial charge on any atom is 0.143 e. The maximum absolute atomic E-state index is 4.67. The number of aromatic amines is 1. The van der Waals surface area contributed by atoms with Crippen LogP contribution in [0, 0.1) is 6.92 Å². The van der Waals surface area contributed by atoms with Crippen LogP contribution in [0.15, 0.2) is 24.4 Å². The second-order valence-electron chi connectivity index (χ2n) is 4.92. The molecule has 2 aromatic rings. The molecular weight excluding hydrogens is 238 g/mol. The third-order valence-electron chi connectivity index (χ3n) is 3.35. The van der Waals surface area contributed by atoms with Crippen LogP contribution < -0.4 is 5.32 Å². The van der Waals surface area contributed by atoms with Gasteiger partial charge in [0.2, 0.25) is 0 Å². The zero-order valence-corrected chi connectivity index (χ0v) is 11.2. The Hall–Kier alpha value is -1.72. The van der Waals surface area contributed by atoms with Crippen LogP contribution in [-0.4, -0.2) is 46.0 Å². The second kappa shape index (κ2) is 5.50. The number of hydrogen-bond donors (Lipinski definition) is 2. The summed E-state index contributed by atoms with van der Waals surface area (Å²) in [7, 11) is 0. The van der Waals surface area contributed by atoms with E-state index in [1.807, 2.05) is 31.3 Å². The molecule has 100 valence electrons. The highest BCUT2D eigenvalue weighted by atomic mass is 15.2. The number of aryl methyl sites for hydroxylation is 1. The molecule has 1 fully saturated rings. The van der Waals surface area contributed by atoms with E-state index in [1.54, 1.807) is 0 Å². The SMILES string of the molecule is Cc1cc(-c2ccc[nH]2)nc(CN2CCNCC2)n1. The summed E-state index contributed by atoms with van der Waals surface area (Å²) in [4.78, 5) is 14.8. The molecule has 5 heteroatoms. The first-order chi connectivity index (χ1) is 9.31. The molecule has 0 amide bonds. The lowest BCUT2D eigenvalue weighted by Crippen LogP contribution is -2.43. The molecule has 3 rings (SSSR count). The molecule has 0 spiro atoms. The van der Waals surface area contributed by atoms with Gasteiger partial charge in [0.1, 0.15) is 5.82 Å². The third-order valence-corrected chi connectivity index (χ3v) is 3.35. The Morgan fingerprint density at radius 3 is 2.84 bits per heavy atom. The van der Waals surface area contributed by atoms with Crippen molar-refractivity contribution in [1.29, 1.82) is 0 Å². The van der Waals surface area contributed by atoms with Crippen LogP contribution in [0.4, 0.5) is 0 Å². The van der Waals surface area contributed by atoms with Gasteiger partial charge < -0.3 is 10.3 Å². The summed E-state index contributed by atoms with van der Waals surface area (Å²) in [5, 5.41) is 3.36. The van der Waals surface area contributed by atoms with E-state index in [0.717, 1.165) is 55.6 Å². The summed E-state index contributed by atoms with van der Waals surface area (Å²) in [6, 6.07) is 6.05. The molecule has 0 aromatic carbocycles. The first kappa shape index (κ1) is 12.3. The van der Waals surface area contributed by atoms with E-state index in [9.17, 15) is 0 Å². The second-order valence-corrected chi connectivity index (χ2v) is 4.92. The molecule has 3 heterocycles.